The molecule has 3 aromatic rings. The standard InChI is InChI=1S/C19H15IN2O2/c20-14-6-8-16-13(11-14)4-2-10-22(16)19(24)15-7-5-12-3-1-9-21-17(12)18(15)23/h1,3,5-9,11,23H,2,4,10H2. The number of aromatic nitrogens is 1. The first-order chi connectivity index (χ1) is 11.6. The molecule has 24 heavy (non-hydrogen) atoms. The van der Waals surface area contributed by atoms with Gasteiger partial charge < -0.3 is 10.0 Å². The second-order valence-corrected chi connectivity index (χ2v) is 7.12. The lowest BCUT2D eigenvalue weighted by Gasteiger charge is -2.30. The van der Waals surface area contributed by atoms with Crippen LogP contribution in [-0.2, 0) is 6.42 Å². The zero-order valence-electron chi connectivity index (χ0n) is 12.9. The lowest BCUT2D eigenvalue weighted by molar-refractivity contribution is 0.0982. The topological polar surface area (TPSA) is 53.4 Å². The predicted molar refractivity (Wildman–Crippen MR) is 103 cm³/mol. The molecule has 0 fully saturated rings. The average molecular weight is 430 g/mol. The molecule has 2 aromatic carbocycles. The van der Waals surface area contributed by atoms with Gasteiger partial charge in [-0.2, -0.15) is 0 Å². The third-order valence-corrected chi connectivity index (χ3v) is 5.05. The van der Waals surface area contributed by atoms with Crippen molar-refractivity contribution in [2.75, 3.05) is 11.4 Å². The van der Waals surface area contributed by atoms with E-state index < -0.39 is 0 Å². The van der Waals surface area contributed by atoms with Crippen molar-refractivity contribution in [1.82, 2.24) is 4.98 Å². The SMILES string of the molecule is O=C(c1ccc2cccnc2c1O)N1CCCc2cc(I)ccc21. The van der Waals surface area contributed by atoms with E-state index in [9.17, 15) is 9.90 Å². The second kappa shape index (κ2) is 6.05. The van der Waals surface area contributed by atoms with Crippen LogP contribution < -0.4 is 4.90 Å². The largest absolute Gasteiger partial charge is 0.505 e. The number of benzene rings is 2. The summed E-state index contributed by atoms with van der Waals surface area (Å²) in [4.78, 5) is 19.0. The molecule has 1 amide bonds. The molecule has 4 nitrogen and oxygen atoms in total. The van der Waals surface area contributed by atoms with E-state index >= 15 is 0 Å². The van der Waals surface area contributed by atoms with Crippen LogP contribution in [-0.4, -0.2) is 22.5 Å². The van der Waals surface area contributed by atoms with E-state index in [2.05, 4.69) is 33.6 Å². The van der Waals surface area contributed by atoms with E-state index in [-0.39, 0.29) is 11.7 Å². The third kappa shape index (κ3) is 2.53. The average Bonchev–Trinajstić information content (AvgIpc) is 2.61. The number of pyridine rings is 1. The number of carbonyl (C=O) groups is 1. The van der Waals surface area contributed by atoms with E-state index in [4.69, 9.17) is 0 Å². The number of rotatable bonds is 1. The number of carbonyl (C=O) groups excluding carboxylic acids is 1. The molecule has 0 unspecified atom stereocenters. The molecule has 1 aromatic heterocycles. The number of phenolic OH excluding ortho intramolecular Hbond substituents is 1. The van der Waals surface area contributed by atoms with Crippen molar-refractivity contribution >= 4 is 45.1 Å². The quantitative estimate of drug-likeness (QED) is 0.591. The Morgan fingerprint density at radius 3 is 2.96 bits per heavy atom. The van der Waals surface area contributed by atoms with Gasteiger partial charge in [-0.1, -0.05) is 12.1 Å². The molecule has 0 radical (unpaired) electrons. The van der Waals surface area contributed by atoms with Crippen molar-refractivity contribution in [3.8, 4) is 5.75 Å². The van der Waals surface area contributed by atoms with Crippen molar-refractivity contribution in [2.24, 2.45) is 0 Å². The van der Waals surface area contributed by atoms with Crippen molar-refractivity contribution in [3.05, 3.63) is 63.4 Å². The Labute approximate surface area is 153 Å². The molecule has 2 heterocycles. The number of nitrogens with zero attached hydrogens (tertiary/aromatic N) is 2. The summed E-state index contributed by atoms with van der Waals surface area (Å²) in [6.07, 6.45) is 3.51. The summed E-state index contributed by atoms with van der Waals surface area (Å²) in [5.41, 5.74) is 2.88. The molecule has 0 bridgehead atoms. The molecule has 0 aliphatic carbocycles. The number of amides is 1. The predicted octanol–water partition coefficient (Wildman–Crippen LogP) is 4.14. The normalized spacial score (nSPS) is 13.8. The van der Waals surface area contributed by atoms with E-state index in [1.807, 2.05) is 30.3 Å². The van der Waals surface area contributed by atoms with E-state index in [1.54, 1.807) is 17.2 Å². The summed E-state index contributed by atoms with van der Waals surface area (Å²) in [5.74, 6) is -0.224. The minimum Gasteiger partial charge on any atom is -0.505 e. The summed E-state index contributed by atoms with van der Waals surface area (Å²) in [7, 11) is 0. The van der Waals surface area contributed by atoms with Crippen molar-refractivity contribution in [1.29, 1.82) is 0 Å². The zero-order valence-corrected chi connectivity index (χ0v) is 15.0. The summed E-state index contributed by atoms with van der Waals surface area (Å²) in [6, 6.07) is 13.3. The van der Waals surface area contributed by atoms with Gasteiger partial charge in [0.15, 0.2) is 5.75 Å². The van der Waals surface area contributed by atoms with Gasteiger partial charge in [0.2, 0.25) is 0 Å². The van der Waals surface area contributed by atoms with Crippen LogP contribution in [0, 0.1) is 3.57 Å². The smallest absolute Gasteiger partial charge is 0.262 e. The van der Waals surface area contributed by atoms with Gasteiger partial charge in [-0.15, -0.1) is 0 Å². The first-order valence-corrected chi connectivity index (χ1v) is 8.90. The Morgan fingerprint density at radius 2 is 2.08 bits per heavy atom. The number of hydrogen-bond acceptors (Lipinski definition) is 3. The van der Waals surface area contributed by atoms with Crippen LogP contribution >= 0.6 is 22.6 Å². The summed E-state index contributed by atoms with van der Waals surface area (Å²) in [6.45, 7) is 0.659. The Balaban J connectivity index is 1.79. The Hall–Kier alpha value is -2.15. The minimum atomic E-state index is -0.179. The molecular formula is C19H15IN2O2. The van der Waals surface area contributed by atoms with Gasteiger partial charge in [-0.3, -0.25) is 9.78 Å². The van der Waals surface area contributed by atoms with Crippen molar-refractivity contribution in [3.63, 3.8) is 0 Å². The van der Waals surface area contributed by atoms with E-state index in [1.165, 1.54) is 9.13 Å². The molecule has 1 aliphatic rings. The summed E-state index contributed by atoms with van der Waals surface area (Å²) >= 11 is 2.28. The number of hydrogen-bond donors (Lipinski definition) is 1. The molecule has 0 saturated carbocycles. The summed E-state index contributed by atoms with van der Waals surface area (Å²) < 4.78 is 1.17. The highest BCUT2D eigenvalue weighted by atomic mass is 127. The van der Waals surface area contributed by atoms with Crippen LogP contribution in [0.2, 0.25) is 0 Å². The van der Waals surface area contributed by atoms with Crippen LogP contribution in [0.15, 0.2) is 48.7 Å². The van der Waals surface area contributed by atoms with Gasteiger partial charge in [0.25, 0.3) is 5.91 Å². The fourth-order valence-corrected chi connectivity index (χ4v) is 3.78. The maximum Gasteiger partial charge on any atom is 0.262 e. The van der Waals surface area contributed by atoms with Gasteiger partial charge in [-0.25, -0.2) is 0 Å². The van der Waals surface area contributed by atoms with Gasteiger partial charge in [0.1, 0.15) is 5.52 Å². The third-order valence-electron chi connectivity index (χ3n) is 4.38. The number of phenols is 1. The zero-order chi connectivity index (χ0) is 16.7. The number of aryl methyl sites for hydroxylation is 1. The number of halogens is 1. The maximum atomic E-state index is 13.0. The van der Waals surface area contributed by atoms with E-state index in [0.717, 1.165) is 23.9 Å². The first-order valence-electron chi connectivity index (χ1n) is 7.82. The second-order valence-electron chi connectivity index (χ2n) is 5.87. The Morgan fingerprint density at radius 1 is 1.21 bits per heavy atom. The lowest BCUT2D eigenvalue weighted by atomic mass is 10.00. The molecule has 1 N–H and O–H groups in total. The molecule has 4 rings (SSSR count). The van der Waals surface area contributed by atoms with Crippen LogP contribution in [0.4, 0.5) is 5.69 Å². The number of fused-ring (bicyclic) bond motifs is 2. The van der Waals surface area contributed by atoms with Gasteiger partial charge in [-0.05, 0) is 71.3 Å². The molecule has 0 atom stereocenters. The number of anilines is 1. The van der Waals surface area contributed by atoms with Gasteiger partial charge in [0, 0.05) is 27.4 Å². The van der Waals surface area contributed by atoms with Gasteiger partial charge in [0.05, 0.1) is 5.56 Å². The molecule has 5 heteroatoms. The highest BCUT2D eigenvalue weighted by molar-refractivity contribution is 14.1. The number of aromatic hydroxyl groups is 1. The van der Waals surface area contributed by atoms with Crippen LogP contribution in [0.5, 0.6) is 5.75 Å². The first kappa shape index (κ1) is 15.4. The lowest BCUT2D eigenvalue weighted by Crippen LogP contribution is -2.35. The molecule has 0 spiro atoms. The highest BCUT2D eigenvalue weighted by Gasteiger charge is 2.26. The van der Waals surface area contributed by atoms with Crippen LogP contribution in [0.1, 0.15) is 22.3 Å². The monoisotopic (exact) mass is 430 g/mol. The molecular weight excluding hydrogens is 415 g/mol. The van der Waals surface area contributed by atoms with Crippen LogP contribution in [0.25, 0.3) is 10.9 Å². The molecule has 0 saturated heterocycles. The Bertz CT molecular complexity index is 955. The van der Waals surface area contributed by atoms with Gasteiger partial charge >= 0.3 is 0 Å². The van der Waals surface area contributed by atoms with Crippen molar-refractivity contribution < 1.29 is 9.90 Å². The fraction of sp³-hybridized carbons (Fsp3) is 0.158. The van der Waals surface area contributed by atoms with Crippen molar-refractivity contribution in [2.45, 2.75) is 12.8 Å². The Kier molecular flexibility index (Phi) is 3.88. The molecule has 120 valence electrons. The fourth-order valence-electron chi connectivity index (χ4n) is 3.22. The maximum absolute atomic E-state index is 13.0. The van der Waals surface area contributed by atoms with E-state index in [0.29, 0.717) is 17.6 Å². The highest BCUT2D eigenvalue weighted by Crippen LogP contribution is 2.33. The molecule has 1 aliphatic heterocycles. The summed E-state index contributed by atoms with van der Waals surface area (Å²) in [5, 5.41) is 11.4. The van der Waals surface area contributed by atoms with Crippen LogP contribution in [0.3, 0.4) is 0 Å². The minimum absolute atomic E-state index is 0.0456.